The molecule has 0 aliphatic rings. The van der Waals surface area contributed by atoms with E-state index in [1.54, 1.807) is 6.07 Å². The van der Waals surface area contributed by atoms with E-state index >= 15 is 0 Å². The second-order valence-corrected chi connectivity index (χ2v) is 10.1. The molecule has 2 aromatic carbocycles. The van der Waals surface area contributed by atoms with Gasteiger partial charge in [-0.25, -0.2) is 13.4 Å². The zero-order valence-corrected chi connectivity index (χ0v) is 18.3. The first kappa shape index (κ1) is 21.7. The smallest absolute Gasteiger partial charge is 0.261 e. The molecule has 8 heteroatoms. The van der Waals surface area contributed by atoms with Crippen molar-refractivity contribution in [1.29, 1.82) is 0 Å². The standard InChI is InChI=1S/C22H25N3O4S/c1-15-5-7-16(8-6-15)17-9-10-18-19(13-17)24-14-25(20(18)26)12-11-22(2,21(27)23-3)30(4,28)29/h5-10,13-14H,11-12H2,1-4H3,(H,23,27)/t22-/m1/s1. The summed E-state index contributed by atoms with van der Waals surface area (Å²) in [6, 6.07) is 13.5. The number of hydrogen-bond donors (Lipinski definition) is 1. The zero-order chi connectivity index (χ0) is 22.1. The van der Waals surface area contributed by atoms with Crippen LogP contribution in [0.1, 0.15) is 18.9 Å². The number of aromatic nitrogens is 2. The summed E-state index contributed by atoms with van der Waals surface area (Å²) in [5, 5.41) is 2.84. The summed E-state index contributed by atoms with van der Waals surface area (Å²) in [5.41, 5.74) is 3.44. The largest absolute Gasteiger partial charge is 0.358 e. The monoisotopic (exact) mass is 427 g/mol. The number of sulfone groups is 1. The van der Waals surface area contributed by atoms with Gasteiger partial charge in [0.15, 0.2) is 9.84 Å². The Morgan fingerprint density at radius 2 is 1.77 bits per heavy atom. The van der Waals surface area contributed by atoms with Gasteiger partial charge in [-0.3, -0.25) is 14.2 Å². The molecule has 0 saturated heterocycles. The van der Waals surface area contributed by atoms with E-state index in [9.17, 15) is 18.0 Å². The molecular weight excluding hydrogens is 402 g/mol. The molecule has 1 N–H and O–H groups in total. The molecule has 1 aromatic heterocycles. The van der Waals surface area contributed by atoms with Gasteiger partial charge in [0, 0.05) is 19.8 Å². The van der Waals surface area contributed by atoms with Crippen LogP contribution in [-0.2, 0) is 21.2 Å². The van der Waals surface area contributed by atoms with Crippen LogP contribution in [0.3, 0.4) is 0 Å². The summed E-state index contributed by atoms with van der Waals surface area (Å²) < 4.78 is 24.1. The predicted octanol–water partition coefficient (Wildman–Crippen LogP) is 2.31. The van der Waals surface area contributed by atoms with Crippen molar-refractivity contribution in [3.8, 4) is 11.1 Å². The summed E-state index contributed by atoms with van der Waals surface area (Å²) in [6.45, 7) is 3.44. The summed E-state index contributed by atoms with van der Waals surface area (Å²) in [6.07, 6.45) is 2.38. The number of carbonyl (C=O) groups is 1. The Bertz CT molecular complexity index is 1260. The molecule has 3 aromatic rings. The molecule has 0 saturated carbocycles. The predicted molar refractivity (Wildman–Crippen MR) is 118 cm³/mol. The van der Waals surface area contributed by atoms with Crippen LogP contribution in [-0.4, -0.2) is 41.9 Å². The first-order valence-electron chi connectivity index (χ1n) is 9.55. The third-order valence-electron chi connectivity index (χ3n) is 5.57. The lowest BCUT2D eigenvalue weighted by atomic mass is 10.0. The highest BCUT2D eigenvalue weighted by Gasteiger charge is 2.42. The van der Waals surface area contributed by atoms with Gasteiger partial charge >= 0.3 is 0 Å². The number of benzene rings is 2. The Hall–Kier alpha value is -3.00. The molecule has 1 atom stereocenters. The fraction of sp³-hybridized carbons (Fsp3) is 0.318. The highest BCUT2D eigenvalue weighted by Crippen LogP contribution is 2.24. The molecule has 7 nitrogen and oxygen atoms in total. The van der Waals surface area contributed by atoms with Crippen molar-refractivity contribution >= 4 is 26.6 Å². The van der Waals surface area contributed by atoms with E-state index in [1.165, 1.54) is 30.4 Å². The Morgan fingerprint density at radius 3 is 2.37 bits per heavy atom. The van der Waals surface area contributed by atoms with E-state index in [0.29, 0.717) is 10.9 Å². The van der Waals surface area contributed by atoms with Crippen molar-refractivity contribution in [2.24, 2.45) is 0 Å². The maximum atomic E-state index is 12.9. The van der Waals surface area contributed by atoms with Crippen molar-refractivity contribution < 1.29 is 13.2 Å². The molecular formula is C22H25N3O4S. The molecule has 158 valence electrons. The minimum Gasteiger partial charge on any atom is -0.358 e. The molecule has 0 radical (unpaired) electrons. The second-order valence-electron chi connectivity index (χ2n) is 7.67. The lowest BCUT2D eigenvalue weighted by Gasteiger charge is -2.25. The quantitative estimate of drug-likeness (QED) is 0.651. The van der Waals surface area contributed by atoms with E-state index in [0.717, 1.165) is 17.4 Å². The highest BCUT2D eigenvalue weighted by atomic mass is 32.2. The van der Waals surface area contributed by atoms with Gasteiger partial charge < -0.3 is 5.32 Å². The van der Waals surface area contributed by atoms with Crippen LogP contribution in [0.15, 0.2) is 53.6 Å². The lowest BCUT2D eigenvalue weighted by molar-refractivity contribution is -0.123. The third kappa shape index (κ3) is 4.00. The van der Waals surface area contributed by atoms with Crippen molar-refractivity contribution in [2.75, 3.05) is 13.3 Å². The van der Waals surface area contributed by atoms with E-state index in [4.69, 9.17) is 0 Å². The minimum atomic E-state index is -3.69. The van der Waals surface area contributed by atoms with Gasteiger partial charge in [-0.2, -0.15) is 0 Å². The average molecular weight is 428 g/mol. The first-order valence-corrected chi connectivity index (χ1v) is 11.4. The number of amides is 1. The number of hydrogen-bond acceptors (Lipinski definition) is 5. The lowest BCUT2D eigenvalue weighted by Crippen LogP contribution is -2.49. The molecule has 0 unspecified atom stereocenters. The SMILES string of the molecule is CNC(=O)[C@@](C)(CCn1cnc2cc(-c3ccc(C)cc3)ccc2c1=O)S(C)(=O)=O. The van der Waals surface area contributed by atoms with Gasteiger partial charge in [-0.15, -0.1) is 0 Å². The Kier molecular flexibility index (Phi) is 5.81. The van der Waals surface area contributed by atoms with Crippen LogP contribution < -0.4 is 10.9 Å². The second kappa shape index (κ2) is 8.02. The summed E-state index contributed by atoms with van der Waals surface area (Å²) in [4.78, 5) is 29.5. The zero-order valence-electron chi connectivity index (χ0n) is 17.5. The van der Waals surface area contributed by atoms with E-state index in [2.05, 4.69) is 10.3 Å². The fourth-order valence-corrected chi connectivity index (χ4v) is 4.21. The molecule has 3 rings (SSSR count). The Morgan fingerprint density at radius 1 is 1.13 bits per heavy atom. The van der Waals surface area contributed by atoms with Gasteiger partial charge in [0.25, 0.3) is 5.56 Å². The molecule has 1 heterocycles. The number of nitrogens with zero attached hydrogens (tertiary/aromatic N) is 2. The highest BCUT2D eigenvalue weighted by molar-refractivity contribution is 7.92. The van der Waals surface area contributed by atoms with Crippen LogP contribution >= 0.6 is 0 Å². The molecule has 1 amide bonds. The number of fused-ring (bicyclic) bond motifs is 1. The number of nitrogens with one attached hydrogen (secondary N) is 1. The third-order valence-corrected chi connectivity index (χ3v) is 7.59. The van der Waals surface area contributed by atoms with E-state index in [-0.39, 0.29) is 18.5 Å². The Balaban J connectivity index is 1.94. The van der Waals surface area contributed by atoms with Gasteiger partial charge in [-0.05, 0) is 43.5 Å². The number of aryl methyl sites for hydroxylation is 2. The normalized spacial score (nSPS) is 13.7. The molecule has 0 bridgehead atoms. The van der Waals surface area contributed by atoms with Crippen LogP contribution in [0.4, 0.5) is 0 Å². The summed E-state index contributed by atoms with van der Waals surface area (Å²) in [7, 11) is -2.30. The maximum absolute atomic E-state index is 12.9. The van der Waals surface area contributed by atoms with Crippen LogP contribution in [0.5, 0.6) is 0 Å². The maximum Gasteiger partial charge on any atom is 0.261 e. The van der Waals surface area contributed by atoms with Gasteiger partial charge in [0.2, 0.25) is 5.91 Å². The number of carbonyl (C=O) groups excluding carboxylic acids is 1. The molecule has 0 fully saturated rings. The van der Waals surface area contributed by atoms with Gasteiger partial charge in [0.05, 0.1) is 17.2 Å². The van der Waals surface area contributed by atoms with Crippen LogP contribution in [0.2, 0.25) is 0 Å². The molecule has 0 spiro atoms. The topological polar surface area (TPSA) is 98.1 Å². The summed E-state index contributed by atoms with van der Waals surface area (Å²) >= 11 is 0. The van der Waals surface area contributed by atoms with Gasteiger partial charge in [0.1, 0.15) is 4.75 Å². The minimum absolute atomic E-state index is 0.0416. The average Bonchev–Trinajstić information content (AvgIpc) is 2.72. The van der Waals surface area contributed by atoms with E-state index in [1.807, 2.05) is 43.3 Å². The Labute approximate surface area is 175 Å². The molecule has 0 aliphatic heterocycles. The van der Waals surface area contributed by atoms with Crippen molar-refractivity contribution in [2.45, 2.75) is 31.6 Å². The van der Waals surface area contributed by atoms with Crippen LogP contribution in [0, 0.1) is 6.92 Å². The van der Waals surface area contributed by atoms with E-state index < -0.39 is 20.5 Å². The molecule has 0 aliphatic carbocycles. The fourth-order valence-electron chi connectivity index (χ4n) is 3.31. The van der Waals surface area contributed by atoms with Crippen LogP contribution in [0.25, 0.3) is 22.0 Å². The molecule has 30 heavy (non-hydrogen) atoms. The first-order chi connectivity index (χ1) is 14.1. The van der Waals surface area contributed by atoms with Crippen molar-refractivity contribution in [1.82, 2.24) is 14.9 Å². The van der Waals surface area contributed by atoms with Gasteiger partial charge in [-0.1, -0.05) is 35.9 Å². The van der Waals surface area contributed by atoms with Crippen molar-refractivity contribution in [3.63, 3.8) is 0 Å². The van der Waals surface area contributed by atoms with Crippen molar-refractivity contribution in [3.05, 3.63) is 64.7 Å². The number of rotatable bonds is 6. The summed E-state index contributed by atoms with van der Waals surface area (Å²) in [5.74, 6) is -0.602.